The highest BCUT2D eigenvalue weighted by molar-refractivity contribution is 14.1. The molecule has 3 nitrogen and oxygen atoms in total. The molecule has 0 radical (unpaired) electrons. The lowest BCUT2D eigenvalue weighted by molar-refractivity contribution is -0.108. The van der Waals surface area contributed by atoms with Crippen molar-refractivity contribution in [1.82, 2.24) is 0 Å². The fourth-order valence-electron chi connectivity index (χ4n) is 1.38. The third kappa shape index (κ3) is 2.44. The summed E-state index contributed by atoms with van der Waals surface area (Å²) < 4.78 is 5.07. The Hall–Kier alpha value is -1.17. The first-order chi connectivity index (χ1) is 7.15. The van der Waals surface area contributed by atoms with Crippen LogP contribution in [0.5, 0.6) is 0 Å². The molecule has 4 heteroatoms. The largest absolute Gasteiger partial charge is 0.423 e. The zero-order valence-corrected chi connectivity index (χ0v) is 9.85. The summed E-state index contributed by atoms with van der Waals surface area (Å²) in [6.07, 6.45) is 0.356. The summed E-state index contributed by atoms with van der Waals surface area (Å²) in [6.45, 7) is 0. The van der Waals surface area contributed by atoms with E-state index in [1.165, 1.54) is 6.07 Å². The number of benzene rings is 1. The molecule has 1 heterocycles. The van der Waals surface area contributed by atoms with Gasteiger partial charge in [0.1, 0.15) is 5.58 Å². The van der Waals surface area contributed by atoms with E-state index in [0.29, 0.717) is 12.0 Å². The Kier molecular flexibility index (Phi) is 2.86. The molecule has 0 aliphatic rings. The van der Waals surface area contributed by atoms with E-state index in [-0.39, 0.29) is 9.42 Å². The van der Waals surface area contributed by atoms with Crippen LogP contribution in [0.2, 0.25) is 0 Å². The maximum Gasteiger partial charge on any atom is 0.336 e. The summed E-state index contributed by atoms with van der Waals surface area (Å²) in [5.74, 6) is 0. The number of hydrogen-bond acceptors (Lipinski definition) is 3. The summed E-state index contributed by atoms with van der Waals surface area (Å²) in [5, 5.41) is 0.860. The van der Waals surface area contributed by atoms with Crippen molar-refractivity contribution in [3.05, 3.63) is 46.3 Å². The van der Waals surface area contributed by atoms with Gasteiger partial charge in [-0.1, -0.05) is 12.1 Å². The molecule has 0 bridgehead atoms. The average Bonchev–Trinajstić information content (AvgIpc) is 2.16. The quantitative estimate of drug-likeness (QED) is 0.485. The molecule has 1 aromatic heterocycles. The van der Waals surface area contributed by atoms with Crippen molar-refractivity contribution in [3.8, 4) is 0 Å². The predicted octanol–water partition coefficient (Wildman–Crippen LogP) is 2.30. The summed E-state index contributed by atoms with van der Waals surface area (Å²) in [5.41, 5.74) is 1.01. The van der Waals surface area contributed by atoms with Gasteiger partial charge in [0.25, 0.3) is 0 Å². The van der Waals surface area contributed by atoms with Crippen LogP contribution in [0.4, 0.5) is 0 Å². The molecular weight excluding hydrogens is 307 g/mol. The van der Waals surface area contributed by atoms with Gasteiger partial charge in [0.2, 0.25) is 0 Å². The normalized spacial score (nSPS) is 10.5. The van der Waals surface area contributed by atoms with Crippen molar-refractivity contribution < 1.29 is 9.21 Å². The zero-order chi connectivity index (χ0) is 10.8. The van der Waals surface area contributed by atoms with E-state index < -0.39 is 0 Å². The Balaban J connectivity index is 2.54. The molecular formula is C11H7IO3. The van der Waals surface area contributed by atoms with Crippen LogP contribution in [-0.2, 0) is 11.2 Å². The van der Waals surface area contributed by atoms with E-state index in [2.05, 4.69) is 0 Å². The highest BCUT2D eigenvalue weighted by atomic mass is 127. The van der Waals surface area contributed by atoms with E-state index in [4.69, 9.17) is 4.42 Å². The van der Waals surface area contributed by atoms with Crippen molar-refractivity contribution in [2.24, 2.45) is 0 Å². The molecule has 0 atom stereocenters. The van der Waals surface area contributed by atoms with Crippen LogP contribution in [0.1, 0.15) is 5.56 Å². The number of carbonyl (C=O) groups excluding carboxylic acids is 1. The summed E-state index contributed by atoms with van der Waals surface area (Å²) in [7, 11) is 0. The van der Waals surface area contributed by atoms with Crippen LogP contribution >= 0.6 is 22.6 Å². The van der Waals surface area contributed by atoms with Crippen molar-refractivity contribution in [2.45, 2.75) is 6.42 Å². The van der Waals surface area contributed by atoms with Crippen molar-refractivity contribution in [2.75, 3.05) is 0 Å². The van der Waals surface area contributed by atoms with Crippen molar-refractivity contribution in [1.29, 1.82) is 0 Å². The second kappa shape index (κ2) is 4.14. The van der Waals surface area contributed by atoms with Gasteiger partial charge in [-0.15, -0.1) is 0 Å². The number of halogens is 1. The number of fused-ring (bicyclic) bond motifs is 1. The van der Waals surface area contributed by atoms with Gasteiger partial charge >= 0.3 is 5.63 Å². The Morgan fingerprint density at radius 3 is 2.73 bits per heavy atom. The van der Waals surface area contributed by atoms with Crippen LogP contribution in [0, 0.1) is 0 Å². The lowest BCUT2D eigenvalue weighted by atomic mass is 10.1. The number of carbonyl (C=O) groups is 1. The van der Waals surface area contributed by atoms with E-state index in [1.54, 1.807) is 34.7 Å². The molecule has 0 unspecified atom stereocenters. The summed E-state index contributed by atoms with van der Waals surface area (Å²) in [4.78, 5) is 21.9. The molecule has 0 amide bonds. The molecule has 76 valence electrons. The van der Waals surface area contributed by atoms with Gasteiger partial charge in [0.05, 0.1) is 0 Å². The van der Waals surface area contributed by atoms with Crippen LogP contribution < -0.4 is 5.63 Å². The number of hydrogen-bond donors (Lipinski definition) is 0. The van der Waals surface area contributed by atoms with Crippen molar-refractivity contribution in [3.63, 3.8) is 0 Å². The van der Waals surface area contributed by atoms with E-state index in [1.807, 2.05) is 12.1 Å². The molecule has 0 saturated carbocycles. The first-order valence-electron chi connectivity index (χ1n) is 4.36. The average molecular weight is 314 g/mol. The van der Waals surface area contributed by atoms with Crippen LogP contribution in [-0.4, -0.2) is 3.79 Å². The smallest absolute Gasteiger partial charge is 0.336 e. The third-order valence-electron chi connectivity index (χ3n) is 2.03. The zero-order valence-electron chi connectivity index (χ0n) is 7.70. The lowest BCUT2D eigenvalue weighted by Gasteiger charge is -1.99. The molecule has 0 aliphatic carbocycles. The summed E-state index contributed by atoms with van der Waals surface area (Å²) >= 11 is 1.75. The van der Waals surface area contributed by atoms with Gasteiger partial charge in [0, 0.05) is 17.9 Å². The van der Waals surface area contributed by atoms with E-state index >= 15 is 0 Å². The highest BCUT2D eigenvalue weighted by Gasteiger charge is 2.02. The molecule has 2 aromatic rings. The van der Waals surface area contributed by atoms with Gasteiger partial charge < -0.3 is 4.42 Å². The Morgan fingerprint density at radius 1 is 1.27 bits per heavy atom. The standard InChI is InChI=1S/C11H7IO3/c12-10(13)6-7-1-2-8-3-4-11(14)15-9(8)5-7/h1-5H,6H2. The number of rotatable bonds is 2. The van der Waals surface area contributed by atoms with Crippen molar-refractivity contribution >= 4 is 37.4 Å². The first kappa shape index (κ1) is 10.4. The van der Waals surface area contributed by atoms with Crippen LogP contribution in [0.3, 0.4) is 0 Å². The molecule has 0 fully saturated rings. The monoisotopic (exact) mass is 314 g/mol. The molecule has 1 aromatic carbocycles. The maximum atomic E-state index is 11.0. The SMILES string of the molecule is O=C(I)Cc1ccc2ccc(=O)oc2c1. The van der Waals surface area contributed by atoms with Gasteiger partial charge in [-0.2, -0.15) is 0 Å². The third-order valence-corrected chi connectivity index (χ3v) is 2.41. The molecule has 0 spiro atoms. The fourth-order valence-corrected chi connectivity index (χ4v) is 1.82. The second-order valence-corrected chi connectivity index (χ2v) is 4.36. The maximum absolute atomic E-state index is 11.0. The Bertz CT molecular complexity index is 571. The Labute approximate surface area is 99.2 Å². The van der Waals surface area contributed by atoms with Gasteiger partial charge in [0.15, 0.2) is 3.79 Å². The summed E-state index contributed by atoms with van der Waals surface area (Å²) in [6, 6.07) is 8.52. The van der Waals surface area contributed by atoms with E-state index in [0.717, 1.165) is 10.9 Å². The minimum absolute atomic E-state index is 0.0604. The molecule has 0 aliphatic heterocycles. The highest BCUT2D eigenvalue weighted by Crippen LogP contribution is 2.15. The van der Waals surface area contributed by atoms with Gasteiger partial charge in [-0.3, -0.25) is 4.79 Å². The predicted molar refractivity (Wildman–Crippen MR) is 65.2 cm³/mol. The minimum Gasteiger partial charge on any atom is -0.423 e. The lowest BCUT2D eigenvalue weighted by Crippen LogP contribution is -1.96. The second-order valence-electron chi connectivity index (χ2n) is 3.16. The van der Waals surface area contributed by atoms with Gasteiger partial charge in [-0.25, -0.2) is 4.79 Å². The molecule has 0 saturated heterocycles. The Morgan fingerprint density at radius 2 is 2.00 bits per heavy atom. The van der Waals surface area contributed by atoms with Crippen LogP contribution in [0.25, 0.3) is 11.0 Å². The molecule has 2 rings (SSSR count). The molecule has 0 N–H and O–H groups in total. The van der Waals surface area contributed by atoms with Gasteiger partial charge in [-0.05, 0) is 40.3 Å². The van der Waals surface area contributed by atoms with Crippen LogP contribution in [0.15, 0.2) is 39.5 Å². The molecule has 15 heavy (non-hydrogen) atoms. The first-order valence-corrected chi connectivity index (χ1v) is 5.44. The van der Waals surface area contributed by atoms with E-state index in [9.17, 15) is 9.59 Å². The topological polar surface area (TPSA) is 47.3 Å². The minimum atomic E-state index is -0.375. The fraction of sp³-hybridized carbons (Fsp3) is 0.0909.